The van der Waals surface area contributed by atoms with E-state index in [1.165, 1.54) is 17.7 Å². The summed E-state index contributed by atoms with van der Waals surface area (Å²) in [6, 6.07) is 4.63. The first-order valence-corrected chi connectivity index (χ1v) is 5.66. The molecule has 0 bridgehead atoms. The highest BCUT2D eigenvalue weighted by molar-refractivity contribution is 9.10. The molecule has 0 saturated heterocycles. The van der Waals surface area contributed by atoms with Gasteiger partial charge in [-0.2, -0.15) is 0 Å². The molecule has 1 N–H and O–H groups in total. The Labute approximate surface area is 97.8 Å². The second kappa shape index (κ2) is 6.03. The molecule has 0 unspecified atom stereocenters. The summed E-state index contributed by atoms with van der Waals surface area (Å²) in [6.07, 6.45) is 3.63. The number of aliphatic hydroxyl groups is 1. The molecule has 0 saturated carbocycles. The number of allylic oxidation sites excluding steroid dienone is 1. The number of benzene rings is 1. The van der Waals surface area contributed by atoms with E-state index in [1.807, 2.05) is 13.0 Å². The largest absolute Gasteiger partial charge is 0.396 e. The summed E-state index contributed by atoms with van der Waals surface area (Å²) < 4.78 is 13.6. The Morgan fingerprint density at radius 2 is 2.27 bits per heavy atom. The maximum Gasteiger partial charge on any atom is 0.124 e. The normalized spacial score (nSPS) is 11.9. The topological polar surface area (TPSA) is 20.2 Å². The van der Waals surface area contributed by atoms with Gasteiger partial charge in [0.15, 0.2) is 0 Å². The third-order valence-electron chi connectivity index (χ3n) is 2.09. The molecule has 0 atom stereocenters. The van der Waals surface area contributed by atoms with E-state index in [0.717, 1.165) is 22.9 Å². The summed E-state index contributed by atoms with van der Waals surface area (Å²) in [5, 5.41) is 8.69. The minimum atomic E-state index is -0.243. The summed E-state index contributed by atoms with van der Waals surface area (Å²) in [7, 11) is 0. The van der Waals surface area contributed by atoms with Crippen molar-refractivity contribution in [2.45, 2.75) is 19.8 Å². The van der Waals surface area contributed by atoms with Gasteiger partial charge >= 0.3 is 0 Å². The van der Waals surface area contributed by atoms with Crippen LogP contribution in [0.3, 0.4) is 0 Å². The molecule has 1 rings (SSSR count). The molecular formula is C12H14BrFO. The highest BCUT2D eigenvalue weighted by Crippen LogP contribution is 2.21. The standard InChI is InChI=1S/C12H14BrFO/c1-9(3-2-6-15)7-10-4-5-11(14)8-12(10)13/h4-5,7-8,15H,2-3,6H2,1H3. The summed E-state index contributed by atoms with van der Waals surface area (Å²) in [6.45, 7) is 2.21. The van der Waals surface area contributed by atoms with Gasteiger partial charge in [-0.3, -0.25) is 0 Å². The first-order valence-electron chi connectivity index (χ1n) is 4.86. The lowest BCUT2D eigenvalue weighted by Crippen LogP contribution is -1.85. The minimum absolute atomic E-state index is 0.204. The molecule has 3 heteroatoms. The van der Waals surface area contributed by atoms with Crippen LogP contribution < -0.4 is 0 Å². The van der Waals surface area contributed by atoms with Gasteiger partial charge in [0.05, 0.1) is 0 Å². The third kappa shape index (κ3) is 4.14. The van der Waals surface area contributed by atoms with E-state index in [1.54, 1.807) is 6.07 Å². The summed E-state index contributed by atoms with van der Waals surface area (Å²) >= 11 is 3.31. The van der Waals surface area contributed by atoms with Crippen LogP contribution in [-0.4, -0.2) is 11.7 Å². The van der Waals surface area contributed by atoms with Gasteiger partial charge in [-0.1, -0.05) is 33.6 Å². The Bertz CT molecular complexity index is 361. The number of rotatable bonds is 4. The molecule has 15 heavy (non-hydrogen) atoms. The van der Waals surface area contributed by atoms with Gasteiger partial charge in [0.2, 0.25) is 0 Å². The number of halogens is 2. The van der Waals surface area contributed by atoms with Crippen LogP contribution >= 0.6 is 15.9 Å². The molecule has 82 valence electrons. The zero-order chi connectivity index (χ0) is 11.3. The number of hydrogen-bond acceptors (Lipinski definition) is 1. The highest BCUT2D eigenvalue weighted by Gasteiger charge is 1.99. The Balaban J connectivity index is 2.78. The van der Waals surface area contributed by atoms with Crippen LogP contribution in [0.1, 0.15) is 25.3 Å². The molecule has 0 spiro atoms. The van der Waals surface area contributed by atoms with E-state index >= 15 is 0 Å². The van der Waals surface area contributed by atoms with Gasteiger partial charge in [-0.25, -0.2) is 4.39 Å². The average molecular weight is 273 g/mol. The van der Waals surface area contributed by atoms with Crippen LogP contribution in [0, 0.1) is 5.82 Å². The third-order valence-corrected chi connectivity index (χ3v) is 2.78. The molecule has 0 aliphatic carbocycles. The lowest BCUT2D eigenvalue weighted by molar-refractivity contribution is 0.288. The van der Waals surface area contributed by atoms with Crippen LogP contribution in [0.2, 0.25) is 0 Å². The predicted octanol–water partition coefficient (Wildman–Crippen LogP) is 3.76. The van der Waals surface area contributed by atoms with Crippen LogP contribution in [0.25, 0.3) is 6.08 Å². The maximum absolute atomic E-state index is 12.8. The fraction of sp³-hybridized carbons (Fsp3) is 0.333. The molecule has 0 aromatic heterocycles. The molecule has 0 amide bonds. The van der Waals surface area contributed by atoms with Gasteiger partial charge in [-0.05, 0) is 37.5 Å². The lowest BCUT2D eigenvalue weighted by Gasteiger charge is -2.02. The minimum Gasteiger partial charge on any atom is -0.396 e. The highest BCUT2D eigenvalue weighted by atomic mass is 79.9. The average Bonchev–Trinajstić information content (AvgIpc) is 2.19. The molecule has 0 fully saturated rings. The second-order valence-corrected chi connectivity index (χ2v) is 4.34. The smallest absolute Gasteiger partial charge is 0.124 e. The molecule has 1 aromatic rings. The maximum atomic E-state index is 12.8. The lowest BCUT2D eigenvalue weighted by atomic mass is 10.1. The number of hydrogen-bond donors (Lipinski definition) is 1. The molecule has 0 aliphatic rings. The Kier molecular flexibility index (Phi) is 4.99. The van der Waals surface area contributed by atoms with Crippen molar-refractivity contribution >= 4 is 22.0 Å². The molecule has 0 radical (unpaired) electrons. The van der Waals surface area contributed by atoms with E-state index in [0.29, 0.717) is 0 Å². The molecule has 0 heterocycles. The number of aliphatic hydroxyl groups excluding tert-OH is 1. The van der Waals surface area contributed by atoms with Crippen molar-refractivity contribution in [3.05, 3.63) is 39.6 Å². The van der Waals surface area contributed by atoms with Crippen molar-refractivity contribution in [1.82, 2.24) is 0 Å². The first kappa shape index (κ1) is 12.4. The fourth-order valence-corrected chi connectivity index (χ4v) is 1.78. The monoisotopic (exact) mass is 272 g/mol. The van der Waals surface area contributed by atoms with Gasteiger partial charge in [0.1, 0.15) is 5.82 Å². The van der Waals surface area contributed by atoms with E-state index in [2.05, 4.69) is 15.9 Å². The van der Waals surface area contributed by atoms with Gasteiger partial charge < -0.3 is 5.11 Å². The molecule has 0 aliphatic heterocycles. The van der Waals surface area contributed by atoms with Crippen molar-refractivity contribution in [3.63, 3.8) is 0 Å². The van der Waals surface area contributed by atoms with Crippen molar-refractivity contribution in [2.24, 2.45) is 0 Å². The zero-order valence-electron chi connectivity index (χ0n) is 8.63. The van der Waals surface area contributed by atoms with Gasteiger partial charge in [-0.15, -0.1) is 0 Å². The van der Waals surface area contributed by atoms with E-state index in [-0.39, 0.29) is 12.4 Å². The Hall–Kier alpha value is -0.670. The molecule has 1 nitrogen and oxygen atoms in total. The quantitative estimate of drug-likeness (QED) is 0.885. The van der Waals surface area contributed by atoms with Crippen LogP contribution in [0.15, 0.2) is 28.2 Å². The Morgan fingerprint density at radius 1 is 1.53 bits per heavy atom. The summed E-state index contributed by atoms with van der Waals surface area (Å²) in [5.41, 5.74) is 2.14. The van der Waals surface area contributed by atoms with E-state index < -0.39 is 0 Å². The molecule has 1 aromatic carbocycles. The molecular weight excluding hydrogens is 259 g/mol. The second-order valence-electron chi connectivity index (χ2n) is 3.48. The van der Waals surface area contributed by atoms with Gasteiger partial charge in [0, 0.05) is 11.1 Å². The Morgan fingerprint density at radius 3 is 2.87 bits per heavy atom. The SMILES string of the molecule is CC(=Cc1ccc(F)cc1Br)CCCO. The van der Waals surface area contributed by atoms with Crippen molar-refractivity contribution in [3.8, 4) is 0 Å². The van der Waals surface area contributed by atoms with Crippen molar-refractivity contribution < 1.29 is 9.50 Å². The zero-order valence-corrected chi connectivity index (χ0v) is 10.2. The van der Waals surface area contributed by atoms with Crippen molar-refractivity contribution in [1.29, 1.82) is 0 Å². The van der Waals surface area contributed by atoms with Crippen LogP contribution in [0.5, 0.6) is 0 Å². The first-order chi connectivity index (χ1) is 7.13. The predicted molar refractivity (Wildman–Crippen MR) is 64.1 cm³/mol. The van der Waals surface area contributed by atoms with Crippen molar-refractivity contribution in [2.75, 3.05) is 6.61 Å². The van der Waals surface area contributed by atoms with Crippen LogP contribution in [0.4, 0.5) is 4.39 Å². The van der Waals surface area contributed by atoms with Crippen LogP contribution in [-0.2, 0) is 0 Å². The van der Waals surface area contributed by atoms with E-state index in [4.69, 9.17) is 5.11 Å². The summed E-state index contributed by atoms with van der Waals surface area (Å²) in [5.74, 6) is -0.243. The van der Waals surface area contributed by atoms with E-state index in [9.17, 15) is 4.39 Å². The van der Waals surface area contributed by atoms with Gasteiger partial charge in [0.25, 0.3) is 0 Å². The summed E-state index contributed by atoms with van der Waals surface area (Å²) in [4.78, 5) is 0. The fourth-order valence-electron chi connectivity index (χ4n) is 1.31.